The van der Waals surface area contributed by atoms with Gasteiger partial charge in [-0.2, -0.15) is 0 Å². The van der Waals surface area contributed by atoms with Gasteiger partial charge in [0.2, 0.25) is 5.91 Å². The highest BCUT2D eigenvalue weighted by atomic mass is 35.5. The Bertz CT molecular complexity index is 143. The normalized spacial score (nSPS) is 12.5. The van der Waals surface area contributed by atoms with Crippen LogP contribution in [0.1, 0.15) is 12.8 Å². The molecule has 0 aromatic heterocycles. The number of rotatable bonds is 7. The molecule has 0 aromatic rings. The van der Waals surface area contributed by atoms with E-state index in [1.165, 1.54) is 7.11 Å². The fraction of sp³-hybridized carbons (Fsp3) is 0.875. The van der Waals surface area contributed by atoms with E-state index in [1.54, 1.807) is 0 Å². The maximum absolute atomic E-state index is 11.1. The molecular weight excluding hydrogens is 194 g/mol. The Hall–Kier alpha value is -0.320. The Morgan fingerprint density at radius 1 is 1.69 bits per heavy atom. The van der Waals surface area contributed by atoms with Crippen LogP contribution in [0.4, 0.5) is 0 Å². The summed E-state index contributed by atoms with van der Waals surface area (Å²) in [4.78, 5) is 11.1. The topological polar surface area (TPSA) is 58.6 Å². The first-order valence-corrected chi connectivity index (χ1v) is 4.73. The molecule has 78 valence electrons. The summed E-state index contributed by atoms with van der Waals surface area (Å²) in [6.07, 6.45) is 1.04. The second-order valence-electron chi connectivity index (χ2n) is 2.69. The molecule has 2 N–H and O–H groups in total. The Morgan fingerprint density at radius 2 is 2.38 bits per heavy atom. The summed E-state index contributed by atoms with van der Waals surface area (Å²) in [5.74, 6) is 0.373. The summed E-state index contributed by atoms with van der Waals surface area (Å²) in [5, 5.41) is 11.4. The molecule has 1 unspecified atom stereocenters. The highest BCUT2D eigenvalue weighted by Crippen LogP contribution is 1.93. The number of alkyl halides is 1. The van der Waals surface area contributed by atoms with E-state index in [4.69, 9.17) is 21.4 Å². The Morgan fingerprint density at radius 3 is 2.85 bits per heavy atom. The zero-order valence-electron chi connectivity index (χ0n) is 7.75. The number of ether oxygens (including phenoxy) is 1. The van der Waals surface area contributed by atoms with Crippen LogP contribution in [0.3, 0.4) is 0 Å². The Labute approximate surface area is 83.2 Å². The standard InChI is InChI=1S/C8H16ClNO3/c1-13-6-7(5-11)10-8(12)3-2-4-9/h7,11H,2-6H2,1H3,(H,10,12). The van der Waals surface area contributed by atoms with Crippen LogP contribution >= 0.6 is 11.6 Å². The van der Waals surface area contributed by atoms with Crippen LogP contribution in [0.25, 0.3) is 0 Å². The van der Waals surface area contributed by atoms with Crippen molar-refractivity contribution in [1.82, 2.24) is 5.32 Å². The van der Waals surface area contributed by atoms with E-state index in [9.17, 15) is 4.79 Å². The summed E-state index contributed by atoms with van der Waals surface area (Å²) in [6, 6.07) is -0.312. The summed E-state index contributed by atoms with van der Waals surface area (Å²) in [7, 11) is 1.52. The van der Waals surface area contributed by atoms with E-state index in [1.807, 2.05) is 0 Å². The number of aliphatic hydroxyl groups excluding tert-OH is 1. The van der Waals surface area contributed by atoms with Gasteiger partial charge in [-0.1, -0.05) is 0 Å². The molecule has 0 heterocycles. The van der Waals surface area contributed by atoms with Crippen molar-refractivity contribution < 1.29 is 14.6 Å². The van der Waals surface area contributed by atoms with E-state index in [-0.39, 0.29) is 18.6 Å². The molecule has 1 atom stereocenters. The molecule has 0 aromatic carbocycles. The van der Waals surface area contributed by atoms with Crippen molar-refractivity contribution in [2.24, 2.45) is 0 Å². The van der Waals surface area contributed by atoms with Gasteiger partial charge in [0, 0.05) is 19.4 Å². The van der Waals surface area contributed by atoms with Gasteiger partial charge in [0.1, 0.15) is 0 Å². The largest absolute Gasteiger partial charge is 0.394 e. The van der Waals surface area contributed by atoms with Crippen LogP contribution in [0.2, 0.25) is 0 Å². The minimum absolute atomic E-state index is 0.100. The Kier molecular flexibility index (Phi) is 8.08. The van der Waals surface area contributed by atoms with Gasteiger partial charge in [0.05, 0.1) is 19.3 Å². The van der Waals surface area contributed by atoms with Gasteiger partial charge in [-0.25, -0.2) is 0 Å². The molecule has 13 heavy (non-hydrogen) atoms. The van der Waals surface area contributed by atoms with Crippen molar-refractivity contribution in [1.29, 1.82) is 0 Å². The number of methoxy groups -OCH3 is 1. The maximum Gasteiger partial charge on any atom is 0.220 e. The third-order valence-electron chi connectivity index (χ3n) is 1.49. The highest BCUT2D eigenvalue weighted by Gasteiger charge is 2.09. The van der Waals surface area contributed by atoms with Crippen molar-refractivity contribution in [2.75, 3.05) is 26.2 Å². The number of aliphatic hydroxyl groups is 1. The van der Waals surface area contributed by atoms with E-state index in [0.29, 0.717) is 25.3 Å². The van der Waals surface area contributed by atoms with Gasteiger partial charge < -0.3 is 15.2 Å². The highest BCUT2D eigenvalue weighted by molar-refractivity contribution is 6.17. The first kappa shape index (κ1) is 12.7. The first-order chi connectivity index (χ1) is 6.24. The van der Waals surface area contributed by atoms with Gasteiger partial charge >= 0.3 is 0 Å². The van der Waals surface area contributed by atoms with Crippen molar-refractivity contribution in [3.63, 3.8) is 0 Å². The average molecular weight is 210 g/mol. The molecule has 0 saturated carbocycles. The van der Waals surface area contributed by atoms with Crippen molar-refractivity contribution in [3.05, 3.63) is 0 Å². The molecule has 1 amide bonds. The molecular formula is C8H16ClNO3. The molecule has 0 radical (unpaired) electrons. The van der Waals surface area contributed by atoms with Gasteiger partial charge in [-0.05, 0) is 6.42 Å². The number of carbonyl (C=O) groups excluding carboxylic acids is 1. The molecule has 0 saturated heterocycles. The number of hydrogen-bond acceptors (Lipinski definition) is 3. The predicted molar refractivity (Wildman–Crippen MR) is 50.8 cm³/mol. The van der Waals surface area contributed by atoms with Crippen molar-refractivity contribution >= 4 is 17.5 Å². The third kappa shape index (κ3) is 6.81. The smallest absolute Gasteiger partial charge is 0.220 e. The van der Waals surface area contributed by atoms with Crippen LogP contribution in [0, 0.1) is 0 Å². The SMILES string of the molecule is COCC(CO)NC(=O)CCCCl. The minimum atomic E-state index is -0.312. The zero-order valence-corrected chi connectivity index (χ0v) is 8.51. The molecule has 5 heteroatoms. The Balaban J connectivity index is 3.60. The van der Waals surface area contributed by atoms with Crippen LogP contribution in [-0.4, -0.2) is 43.3 Å². The quantitative estimate of drug-likeness (QED) is 0.586. The molecule has 0 bridgehead atoms. The molecule has 0 fully saturated rings. The number of carbonyl (C=O) groups is 1. The number of nitrogens with one attached hydrogen (secondary N) is 1. The second-order valence-corrected chi connectivity index (χ2v) is 3.07. The van der Waals surface area contributed by atoms with Gasteiger partial charge in [0.15, 0.2) is 0 Å². The van der Waals surface area contributed by atoms with Gasteiger partial charge in [0.25, 0.3) is 0 Å². The summed E-state index contributed by atoms with van der Waals surface area (Å²) in [6.45, 7) is 0.212. The molecule has 4 nitrogen and oxygen atoms in total. The second kappa shape index (κ2) is 8.29. The number of amides is 1. The van der Waals surface area contributed by atoms with Crippen LogP contribution in [0.5, 0.6) is 0 Å². The fourth-order valence-electron chi connectivity index (χ4n) is 0.868. The lowest BCUT2D eigenvalue weighted by molar-refractivity contribution is -0.122. The minimum Gasteiger partial charge on any atom is -0.394 e. The molecule has 0 spiro atoms. The van der Waals surface area contributed by atoms with E-state index in [0.717, 1.165) is 0 Å². The lowest BCUT2D eigenvalue weighted by atomic mass is 10.3. The van der Waals surface area contributed by atoms with E-state index >= 15 is 0 Å². The monoisotopic (exact) mass is 209 g/mol. The molecule has 0 aliphatic rings. The first-order valence-electron chi connectivity index (χ1n) is 4.19. The fourth-order valence-corrected chi connectivity index (χ4v) is 1.00. The van der Waals surface area contributed by atoms with Gasteiger partial charge in [-0.15, -0.1) is 11.6 Å². The predicted octanol–water partition coefficient (Wildman–Crippen LogP) is 0.129. The average Bonchev–Trinajstić information content (AvgIpc) is 2.14. The zero-order chi connectivity index (χ0) is 10.1. The molecule has 0 rings (SSSR count). The summed E-state index contributed by atoms with van der Waals surface area (Å²) < 4.78 is 4.80. The van der Waals surface area contributed by atoms with Crippen LogP contribution in [0.15, 0.2) is 0 Å². The van der Waals surface area contributed by atoms with Gasteiger partial charge in [-0.3, -0.25) is 4.79 Å². The van der Waals surface area contributed by atoms with Crippen molar-refractivity contribution in [3.8, 4) is 0 Å². The van der Waals surface area contributed by atoms with Crippen LogP contribution < -0.4 is 5.32 Å². The van der Waals surface area contributed by atoms with Crippen molar-refractivity contribution in [2.45, 2.75) is 18.9 Å². The summed E-state index contributed by atoms with van der Waals surface area (Å²) >= 11 is 5.42. The number of halogens is 1. The lowest BCUT2D eigenvalue weighted by Crippen LogP contribution is -2.40. The third-order valence-corrected chi connectivity index (χ3v) is 1.76. The number of hydrogen-bond donors (Lipinski definition) is 2. The molecule has 0 aliphatic carbocycles. The van der Waals surface area contributed by atoms with E-state index < -0.39 is 0 Å². The summed E-state index contributed by atoms with van der Waals surface area (Å²) in [5.41, 5.74) is 0. The molecule has 0 aliphatic heterocycles. The maximum atomic E-state index is 11.1. The lowest BCUT2D eigenvalue weighted by Gasteiger charge is -2.14. The van der Waals surface area contributed by atoms with Crippen LogP contribution in [-0.2, 0) is 9.53 Å². The van der Waals surface area contributed by atoms with E-state index in [2.05, 4.69) is 5.32 Å².